The summed E-state index contributed by atoms with van der Waals surface area (Å²) in [5.74, 6) is 1.16. The first-order valence-electron chi connectivity index (χ1n) is 4.21. The molecule has 1 unspecified atom stereocenters. The topological polar surface area (TPSA) is 0 Å². The van der Waals surface area contributed by atoms with Crippen LogP contribution in [0.1, 0.15) is 24.7 Å². The summed E-state index contributed by atoms with van der Waals surface area (Å²) in [6, 6.07) is 6.36. The largest absolute Gasteiger partial charge is 0.154 e. The first-order chi connectivity index (χ1) is 6.15. The fraction of sp³-hybridized carbons (Fsp3) is 0.400. The molecule has 1 atom stereocenters. The van der Waals surface area contributed by atoms with Gasteiger partial charge in [-0.2, -0.15) is 11.8 Å². The number of hydrogen-bond acceptors (Lipinski definition) is 1. The molecule has 0 aliphatic rings. The van der Waals surface area contributed by atoms with Crippen LogP contribution < -0.4 is 0 Å². The van der Waals surface area contributed by atoms with Crippen LogP contribution in [0.4, 0.5) is 0 Å². The minimum absolute atomic E-state index is 0.562. The van der Waals surface area contributed by atoms with Gasteiger partial charge in [0.1, 0.15) is 0 Å². The fourth-order valence-electron chi connectivity index (χ4n) is 1.17. The van der Waals surface area contributed by atoms with E-state index < -0.39 is 0 Å². The maximum Gasteiger partial charge on any atom is 0.0280 e. The molecule has 1 aromatic carbocycles. The lowest BCUT2D eigenvalue weighted by molar-refractivity contribution is 1.08. The van der Waals surface area contributed by atoms with Gasteiger partial charge in [0, 0.05) is 14.2 Å². The molecule has 1 rings (SSSR count). The third-order valence-corrected chi connectivity index (χ3v) is 4.08. The zero-order valence-corrected chi connectivity index (χ0v) is 11.7. The van der Waals surface area contributed by atoms with Crippen LogP contribution in [0.3, 0.4) is 0 Å². The highest BCUT2D eigenvalue weighted by Crippen LogP contribution is 2.34. The second-order valence-electron chi connectivity index (χ2n) is 2.76. The van der Waals surface area contributed by atoms with E-state index in [4.69, 9.17) is 0 Å². The van der Waals surface area contributed by atoms with Crippen molar-refractivity contribution in [3.63, 3.8) is 0 Å². The Morgan fingerprint density at radius 3 is 2.62 bits per heavy atom. The SMILES string of the molecule is CCSC(C)c1ccc(Br)cc1Br. The summed E-state index contributed by atoms with van der Waals surface area (Å²) in [6.45, 7) is 4.43. The van der Waals surface area contributed by atoms with Crippen molar-refractivity contribution in [1.82, 2.24) is 0 Å². The maximum atomic E-state index is 3.57. The molecule has 0 bridgehead atoms. The molecule has 13 heavy (non-hydrogen) atoms. The number of hydrogen-bond donors (Lipinski definition) is 0. The number of halogens is 2. The van der Waals surface area contributed by atoms with Gasteiger partial charge in [-0.15, -0.1) is 0 Å². The first kappa shape index (κ1) is 11.6. The smallest absolute Gasteiger partial charge is 0.0280 e. The monoisotopic (exact) mass is 322 g/mol. The van der Waals surface area contributed by atoms with E-state index in [-0.39, 0.29) is 0 Å². The number of thioether (sulfide) groups is 1. The molecule has 72 valence electrons. The molecule has 0 spiro atoms. The summed E-state index contributed by atoms with van der Waals surface area (Å²) in [4.78, 5) is 0. The van der Waals surface area contributed by atoms with Crippen LogP contribution in [0, 0.1) is 0 Å². The van der Waals surface area contributed by atoms with Crippen LogP contribution in [0.2, 0.25) is 0 Å². The average Bonchev–Trinajstić information content (AvgIpc) is 2.04. The van der Waals surface area contributed by atoms with E-state index in [2.05, 4.69) is 63.9 Å². The standard InChI is InChI=1S/C10H12Br2S/c1-3-13-7(2)9-5-4-8(11)6-10(9)12/h4-7H,3H2,1-2H3. The molecule has 0 aromatic heterocycles. The average molecular weight is 324 g/mol. The Morgan fingerprint density at radius 2 is 2.08 bits per heavy atom. The Morgan fingerprint density at radius 1 is 1.38 bits per heavy atom. The molecule has 0 N–H and O–H groups in total. The van der Waals surface area contributed by atoms with E-state index >= 15 is 0 Å². The predicted molar refractivity (Wildman–Crippen MR) is 68.4 cm³/mol. The van der Waals surface area contributed by atoms with Gasteiger partial charge in [0.25, 0.3) is 0 Å². The molecule has 0 fully saturated rings. The Bertz CT molecular complexity index is 286. The molecule has 0 nitrogen and oxygen atoms in total. The van der Waals surface area contributed by atoms with Gasteiger partial charge in [-0.1, -0.05) is 44.8 Å². The van der Waals surface area contributed by atoms with Crippen molar-refractivity contribution >= 4 is 43.6 Å². The summed E-state index contributed by atoms with van der Waals surface area (Å²) in [5, 5.41) is 0.562. The Balaban J connectivity index is 2.88. The highest BCUT2D eigenvalue weighted by atomic mass is 79.9. The van der Waals surface area contributed by atoms with Gasteiger partial charge in [0.05, 0.1) is 0 Å². The Labute approximate surface area is 101 Å². The van der Waals surface area contributed by atoms with Gasteiger partial charge < -0.3 is 0 Å². The van der Waals surface area contributed by atoms with E-state index in [1.165, 1.54) is 10.0 Å². The van der Waals surface area contributed by atoms with E-state index in [0.29, 0.717) is 5.25 Å². The lowest BCUT2D eigenvalue weighted by atomic mass is 10.2. The van der Waals surface area contributed by atoms with Crippen molar-refractivity contribution < 1.29 is 0 Å². The molecular formula is C10H12Br2S. The molecule has 0 amide bonds. The minimum Gasteiger partial charge on any atom is -0.154 e. The van der Waals surface area contributed by atoms with Gasteiger partial charge in [-0.05, 0) is 30.4 Å². The first-order valence-corrected chi connectivity index (χ1v) is 6.85. The number of benzene rings is 1. The van der Waals surface area contributed by atoms with Gasteiger partial charge in [-0.25, -0.2) is 0 Å². The molecule has 0 heterocycles. The van der Waals surface area contributed by atoms with E-state index in [1.54, 1.807) is 0 Å². The predicted octanol–water partition coefficient (Wildman–Crippen LogP) is 5.03. The van der Waals surface area contributed by atoms with Crippen molar-refractivity contribution in [3.05, 3.63) is 32.7 Å². The molecular weight excluding hydrogens is 312 g/mol. The highest BCUT2D eigenvalue weighted by molar-refractivity contribution is 9.11. The summed E-state index contributed by atoms with van der Waals surface area (Å²) >= 11 is 8.98. The van der Waals surface area contributed by atoms with Gasteiger partial charge >= 0.3 is 0 Å². The van der Waals surface area contributed by atoms with Crippen LogP contribution in [0.15, 0.2) is 27.1 Å². The lowest BCUT2D eigenvalue weighted by Gasteiger charge is -2.12. The van der Waals surface area contributed by atoms with E-state index in [9.17, 15) is 0 Å². The van der Waals surface area contributed by atoms with Gasteiger partial charge in [0.2, 0.25) is 0 Å². The maximum absolute atomic E-state index is 3.57. The summed E-state index contributed by atoms with van der Waals surface area (Å²) in [6.07, 6.45) is 0. The third kappa shape index (κ3) is 3.30. The fourth-order valence-corrected chi connectivity index (χ4v) is 3.60. The van der Waals surface area contributed by atoms with Gasteiger partial charge in [0.15, 0.2) is 0 Å². The number of rotatable bonds is 3. The second-order valence-corrected chi connectivity index (χ2v) is 6.15. The molecule has 0 aliphatic heterocycles. The molecule has 0 aliphatic carbocycles. The molecule has 3 heteroatoms. The zero-order chi connectivity index (χ0) is 9.84. The van der Waals surface area contributed by atoms with E-state index in [1.807, 2.05) is 11.8 Å². The van der Waals surface area contributed by atoms with Crippen molar-refractivity contribution in [3.8, 4) is 0 Å². The van der Waals surface area contributed by atoms with Crippen LogP contribution in [0.25, 0.3) is 0 Å². The van der Waals surface area contributed by atoms with Crippen molar-refractivity contribution in [2.75, 3.05) is 5.75 Å². The second kappa shape index (κ2) is 5.42. The zero-order valence-electron chi connectivity index (χ0n) is 7.68. The quantitative estimate of drug-likeness (QED) is 0.752. The van der Waals surface area contributed by atoms with Crippen LogP contribution >= 0.6 is 43.6 Å². The highest BCUT2D eigenvalue weighted by Gasteiger charge is 2.08. The summed E-state index contributed by atoms with van der Waals surface area (Å²) < 4.78 is 2.31. The molecule has 0 saturated carbocycles. The third-order valence-electron chi connectivity index (χ3n) is 1.82. The van der Waals surface area contributed by atoms with Crippen molar-refractivity contribution in [2.24, 2.45) is 0 Å². The molecule has 0 saturated heterocycles. The summed E-state index contributed by atoms with van der Waals surface area (Å²) in [5.41, 5.74) is 1.37. The summed E-state index contributed by atoms with van der Waals surface area (Å²) in [7, 11) is 0. The minimum atomic E-state index is 0.562. The molecule has 0 radical (unpaired) electrons. The molecule has 1 aromatic rings. The Kier molecular flexibility index (Phi) is 4.84. The Hall–Kier alpha value is 0.530. The van der Waals surface area contributed by atoms with Crippen LogP contribution in [0.5, 0.6) is 0 Å². The van der Waals surface area contributed by atoms with Crippen LogP contribution in [-0.4, -0.2) is 5.75 Å². The van der Waals surface area contributed by atoms with Gasteiger partial charge in [-0.3, -0.25) is 0 Å². The van der Waals surface area contributed by atoms with E-state index in [0.717, 1.165) is 10.2 Å². The van der Waals surface area contributed by atoms with Crippen molar-refractivity contribution in [2.45, 2.75) is 19.1 Å². The van der Waals surface area contributed by atoms with Crippen LogP contribution in [-0.2, 0) is 0 Å². The van der Waals surface area contributed by atoms with Crippen molar-refractivity contribution in [1.29, 1.82) is 0 Å². The normalized spacial score (nSPS) is 12.9. The lowest BCUT2D eigenvalue weighted by Crippen LogP contribution is -1.90.